The molecule has 2 aromatic carbocycles. The summed E-state index contributed by atoms with van der Waals surface area (Å²) in [4.78, 5) is 13.4. The number of benzene rings is 2. The molecule has 10 heteroatoms. The van der Waals surface area contributed by atoms with E-state index in [1.54, 1.807) is 18.2 Å². The largest absolute Gasteiger partial charge is 0.387 e. The maximum atomic E-state index is 13.3. The van der Waals surface area contributed by atoms with E-state index in [0.717, 1.165) is 43.4 Å². The van der Waals surface area contributed by atoms with E-state index in [9.17, 15) is 13.2 Å². The van der Waals surface area contributed by atoms with E-state index in [0.29, 0.717) is 26.1 Å². The first-order chi connectivity index (χ1) is 17.8. The van der Waals surface area contributed by atoms with Gasteiger partial charge in [-0.05, 0) is 80.8 Å². The van der Waals surface area contributed by atoms with Gasteiger partial charge in [-0.3, -0.25) is 10.2 Å². The molecule has 1 amide bonds. The van der Waals surface area contributed by atoms with Crippen molar-refractivity contribution in [2.24, 2.45) is 23.3 Å². The maximum absolute atomic E-state index is 13.3. The second kappa shape index (κ2) is 14.2. The number of nitrogens with one attached hydrogen (secondary N) is 4. The van der Waals surface area contributed by atoms with Gasteiger partial charge in [0.2, 0.25) is 15.9 Å². The van der Waals surface area contributed by atoms with Crippen LogP contribution in [0.25, 0.3) is 0 Å². The van der Waals surface area contributed by atoms with Crippen molar-refractivity contribution >= 4 is 21.8 Å². The van der Waals surface area contributed by atoms with Gasteiger partial charge >= 0.3 is 0 Å². The van der Waals surface area contributed by atoms with Crippen LogP contribution in [0.3, 0.4) is 0 Å². The molecular weight excluding hydrogens is 488 g/mol. The average Bonchev–Trinajstić information content (AvgIpc) is 2.89. The number of piperidine rings is 1. The Bertz CT molecular complexity index is 1130. The summed E-state index contributed by atoms with van der Waals surface area (Å²) in [5.74, 6) is -0.0740. The normalized spacial score (nSPS) is 18.7. The minimum Gasteiger partial charge on any atom is -0.387 e. The Morgan fingerprint density at radius 1 is 1.11 bits per heavy atom. The highest BCUT2D eigenvalue weighted by Crippen LogP contribution is 2.22. The van der Waals surface area contributed by atoms with E-state index < -0.39 is 16.1 Å². The number of rotatable bonds is 14. The van der Waals surface area contributed by atoms with Crippen LogP contribution in [-0.4, -0.2) is 52.4 Å². The van der Waals surface area contributed by atoms with E-state index in [2.05, 4.69) is 15.4 Å². The standard InChI is InChI=1S/C27H40N6O3S/c28-14-5-4-9-20-10-6-11-23(17-20)37(35,36)33-25(18-21-7-2-1-3-8-21)27(34)32-16-13-22-12-15-31-19-24(22)26(29)30/h1-3,6-8,10-11,17,22,24-25,31,33H,4-5,9,12-16,18-19,28H2,(H3,29,30)(H,32,34)/t22?,24?,25-/m0/s1. The lowest BCUT2D eigenvalue weighted by atomic mass is 9.83. The van der Waals surface area contributed by atoms with Crippen molar-refractivity contribution < 1.29 is 13.2 Å². The highest BCUT2D eigenvalue weighted by Gasteiger charge is 2.29. The van der Waals surface area contributed by atoms with Gasteiger partial charge in [0.15, 0.2) is 0 Å². The molecule has 2 aromatic rings. The molecule has 0 aliphatic carbocycles. The Morgan fingerprint density at radius 3 is 2.59 bits per heavy atom. The fourth-order valence-electron chi connectivity index (χ4n) is 4.76. The van der Waals surface area contributed by atoms with E-state index in [4.69, 9.17) is 16.9 Å². The summed E-state index contributed by atoms with van der Waals surface area (Å²) in [6, 6.07) is 15.2. The summed E-state index contributed by atoms with van der Waals surface area (Å²) in [6.45, 7) is 2.50. The fourth-order valence-corrected chi connectivity index (χ4v) is 6.03. The topological polar surface area (TPSA) is 163 Å². The van der Waals surface area contributed by atoms with Crippen LogP contribution < -0.4 is 26.8 Å². The van der Waals surface area contributed by atoms with Gasteiger partial charge in [0.1, 0.15) is 6.04 Å². The zero-order valence-corrected chi connectivity index (χ0v) is 22.1. The van der Waals surface area contributed by atoms with Crippen molar-refractivity contribution in [3.63, 3.8) is 0 Å². The molecule has 1 aliphatic rings. The van der Waals surface area contributed by atoms with Crippen molar-refractivity contribution in [1.29, 1.82) is 5.41 Å². The minimum atomic E-state index is -3.93. The number of hydrogen-bond donors (Lipinski definition) is 6. The van der Waals surface area contributed by atoms with Gasteiger partial charge in [0, 0.05) is 19.0 Å². The molecule has 202 valence electrons. The molecule has 1 fully saturated rings. The molecular formula is C27H40N6O3S. The van der Waals surface area contributed by atoms with Crippen LogP contribution in [0.15, 0.2) is 59.5 Å². The van der Waals surface area contributed by atoms with Crippen molar-refractivity contribution in [3.05, 3.63) is 65.7 Å². The summed E-state index contributed by atoms with van der Waals surface area (Å²) in [7, 11) is -3.93. The highest BCUT2D eigenvalue weighted by molar-refractivity contribution is 7.89. The smallest absolute Gasteiger partial charge is 0.241 e. The Hall–Kier alpha value is -2.79. The van der Waals surface area contributed by atoms with Crippen LogP contribution in [0.5, 0.6) is 0 Å². The number of hydrogen-bond acceptors (Lipinski definition) is 6. The first-order valence-electron chi connectivity index (χ1n) is 13.0. The molecule has 0 radical (unpaired) electrons. The zero-order valence-electron chi connectivity index (χ0n) is 21.3. The number of aryl methyl sites for hydroxylation is 1. The van der Waals surface area contributed by atoms with Gasteiger partial charge in [-0.15, -0.1) is 0 Å². The summed E-state index contributed by atoms with van der Waals surface area (Å²) in [5, 5.41) is 14.0. The molecule has 1 heterocycles. The highest BCUT2D eigenvalue weighted by atomic mass is 32.2. The predicted octanol–water partition coefficient (Wildman–Crippen LogP) is 1.53. The van der Waals surface area contributed by atoms with Gasteiger partial charge in [-0.1, -0.05) is 42.5 Å². The first kappa shape index (κ1) is 28.8. The molecule has 1 aliphatic heterocycles. The average molecular weight is 529 g/mol. The number of sulfonamides is 1. The zero-order chi connectivity index (χ0) is 26.7. The first-order valence-corrected chi connectivity index (χ1v) is 14.5. The number of carbonyl (C=O) groups excluding carboxylic acids is 1. The quantitative estimate of drug-likeness (QED) is 0.124. The molecule has 1 saturated heterocycles. The van der Waals surface area contributed by atoms with Gasteiger partial charge < -0.3 is 22.1 Å². The van der Waals surface area contributed by atoms with Gasteiger partial charge in [0.05, 0.1) is 10.7 Å². The molecule has 0 aromatic heterocycles. The van der Waals surface area contributed by atoms with E-state index in [1.807, 2.05) is 36.4 Å². The Kier molecular flexibility index (Phi) is 11.1. The van der Waals surface area contributed by atoms with Crippen molar-refractivity contribution in [2.75, 3.05) is 26.2 Å². The Balaban J connectivity index is 1.69. The Labute approximate surface area is 220 Å². The van der Waals surface area contributed by atoms with E-state index in [1.165, 1.54) is 0 Å². The Morgan fingerprint density at radius 2 is 1.86 bits per heavy atom. The van der Waals surface area contributed by atoms with Gasteiger partial charge in [0.25, 0.3) is 0 Å². The second-order valence-corrected chi connectivity index (χ2v) is 11.4. The lowest BCUT2D eigenvalue weighted by Gasteiger charge is -2.31. The van der Waals surface area contributed by atoms with Crippen LogP contribution >= 0.6 is 0 Å². The number of unbranched alkanes of at least 4 members (excludes halogenated alkanes) is 1. The molecule has 2 unspecified atom stereocenters. The van der Waals surface area contributed by atoms with Crippen LogP contribution in [0.2, 0.25) is 0 Å². The lowest BCUT2D eigenvalue weighted by molar-refractivity contribution is -0.122. The number of nitrogens with two attached hydrogens (primary N) is 2. The molecule has 9 nitrogen and oxygen atoms in total. The molecule has 3 atom stereocenters. The van der Waals surface area contributed by atoms with Crippen LogP contribution in [0.1, 0.15) is 36.8 Å². The van der Waals surface area contributed by atoms with E-state index in [-0.39, 0.29) is 34.9 Å². The molecule has 0 spiro atoms. The van der Waals surface area contributed by atoms with Crippen LogP contribution in [0, 0.1) is 17.2 Å². The van der Waals surface area contributed by atoms with E-state index >= 15 is 0 Å². The molecule has 8 N–H and O–H groups in total. The van der Waals surface area contributed by atoms with Crippen LogP contribution in [-0.2, 0) is 27.7 Å². The van der Waals surface area contributed by atoms with Crippen molar-refractivity contribution in [3.8, 4) is 0 Å². The molecule has 37 heavy (non-hydrogen) atoms. The van der Waals surface area contributed by atoms with Crippen LogP contribution in [0.4, 0.5) is 0 Å². The third kappa shape index (κ3) is 8.92. The summed E-state index contributed by atoms with van der Waals surface area (Å²) in [5.41, 5.74) is 13.1. The predicted molar refractivity (Wildman–Crippen MR) is 147 cm³/mol. The summed E-state index contributed by atoms with van der Waals surface area (Å²) < 4.78 is 29.2. The molecule has 0 saturated carbocycles. The fraction of sp³-hybridized carbons (Fsp3) is 0.481. The third-order valence-corrected chi connectivity index (χ3v) is 8.33. The lowest BCUT2D eigenvalue weighted by Crippen LogP contribution is -2.49. The number of carbonyl (C=O) groups is 1. The number of amides is 1. The van der Waals surface area contributed by atoms with Crippen molar-refractivity contribution in [2.45, 2.75) is 49.5 Å². The monoisotopic (exact) mass is 528 g/mol. The summed E-state index contributed by atoms with van der Waals surface area (Å²) >= 11 is 0. The summed E-state index contributed by atoms with van der Waals surface area (Å²) in [6.07, 6.45) is 4.28. The SMILES string of the molecule is N=C(N)C1CNCCC1CCNC(=O)[C@H](Cc1ccccc1)NS(=O)(=O)c1cccc(CCCCN)c1. The van der Waals surface area contributed by atoms with Gasteiger partial charge in [-0.25, -0.2) is 8.42 Å². The van der Waals surface area contributed by atoms with Gasteiger partial charge in [-0.2, -0.15) is 4.72 Å². The third-order valence-electron chi connectivity index (χ3n) is 6.86. The minimum absolute atomic E-state index is 0.0543. The second-order valence-electron chi connectivity index (χ2n) is 9.65. The number of amidine groups is 1. The molecule has 3 rings (SSSR count). The molecule has 0 bridgehead atoms. The van der Waals surface area contributed by atoms with Crippen molar-refractivity contribution in [1.82, 2.24) is 15.4 Å². The maximum Gasteiger partial charge on any atom is 0.241 e.